The summed E-state index contributed by atoms with van der Waals surface area (Å²) >= 11 is 0. The number of carboxylic acid groups (broad SMARTS) is 1. The molecular formula is C15H21NO2. The number of nitrogens with zero attached hydrogens (tertiary/aromatic N) is 1. The first-order valence-electron chi connectivity index (χ1n) is 6.57. The lowest BCUT2D eigenvalue weighted by molar-refractivity contribution is -0.143. The zero-order valence-corrected chi connectivity index (χ0v) is 11.0. The number of carbonyl (C=O) groups is 1. The van der Waals surface area contributed by atoms with Gasteiger partial charge in [0, 0.05) is 19.6 Å². The van der Waals surface area contributed by atoms with Gasteiger partial charge in [0.2, 0.25) is 0 Å². The van der Waals surface area contributed by atoms with Crippen LogP contribution in [0.4, 0.5) is 0 Å². The summed E-state index contributed by atoms with van der Waals surface area (Å²) < 4.78 is 0. The van der Waals surface area contributed by atoms with Crippen LogP contribution in [0.3, 0.4) is 0 Å². The van der Waals surface area contributed by atoms with Gasteiger partial charge < -0.3 is 5.11 Å². The van der Waals surface area contributed by atoms with Gasteiger partial charge in [-0.15, -0.1) is 0 Å². The second-order valence-corrected chi connectivity index (χ2v) is 5.53. The lowest BCUT2D eigenvalue weighted by Gasteiger charge is -2.18. The second-order valence-electron chi connectivity index (χ2n) is 5.53. The molecule has 1 fully saturated rings. The molecule has 0 radical (unpaired) electrons. The minimum absolute atomic E-state index is 0.214. The molecule has 2 rings (SSSR count). The third-order valence-corrected chi connectivity index (χ3v) is 3.86. The van der Waals surface area contributed by atoms with E-state index in [4.69, 9.17) is 0 Å². The van der Waals surface area contributed by atoms with Gasteiger partial charge in [-0.2, -0.15) is 0 Å². The van der Waals surface area contributed by atoms with Crippen LogP contribution in [0.5, 0.6) is 0 Å². The fourth-order valence-electron chi connectivity index (χ4n) is 2.82. The van der Waals surface area contributed by atoms with Crippen LogP contribution in [0.15, 0.2) is 30.3 Å². The molecule has 1 N–H and O–H groups in total. The van der Waals surface area contributed by atoms with E-state index in [0.29, 0.717) is 12.5 Å². The Morgan fingerprint density at radius 3 is 2.50 bits per heavy atom. The summed E-state index contributed by atoms with van der Waals surface area (Å²) in [6, 6.07) is 10.3. The summed E-state index contributed by atoms with van der Waals surface area (Å²) in [5.41, 5.74) is 1.26. The van der Waals surface area contributed by atoms with Crippen molar-refractivity contribution in [3.63, 3.8) is 0 Å². The van der Waals surface area contributed by atoms with E-state index in [1.807, 2.05) is 18.2 Å². The van der Waals surface area contributed by atoms with E-state index >= 15 is 0 Å². The monoisotopic (exact) mass is 247 g/mol. The predicted molar refractivity (Wildman–Crippen MR) is 71.2 cm³/mol. The summed E-state index contributed by atoms with van der Waals surface area (Å²) in [7, 11) is 0. The molecule has 0 amide bonds. The van der Waals surface area contributed by atoms with Crippen molar-refractivity contribution in [1.29, 1.82) is 0 Å². The van der Waals surface area contributed by atoms with E-state index in [9.17, 15) is 9.90 Å². The molecule has 3 nitrogen and oxygen atoms in total. The van der Waals surface area contributed by atoms with Gasteiger partial charge in [0.05, 0.1) is 5.92 Å². The zero-order chi connectivity index (χ0) is 13.1. The molecule has 0 aromatic heterocycles. The topological polar surface area (TPSA) is 40.5 Å². The van der Waals surface area contributed by atoms with Crippen LogP contribution < -0.4 is 0 Å². The summed E-state index contributed by atoms with van der Waals surface area (Å²) in [4.78, 5) is 13.6. The minimum Gasteiger partial charge on any atom is -0.481 e. The van der Waals surface area contributed by atoms with E-state index in [1.165, 1.54) is 5.56 Å². The molecule has 98 valence electrons. The predicted octanol–water partition coefficient (Wildman–Crippen LogP) is 2.48. The Morgan fingerprint density at radius 2 is 2.00 bits per heavy atom. The van der Waals surface area contributed by atoms with Crippen molar-refractivity contribution in [2.75, 3.05) is 13.1 Å². The first-order valence-corrected chi connectivity index (χ1v) is 6.57. The van der Waals surface area contributed by atoms with Crippen molar-refractivity contribution in [3.8, 4) is 0 Å². The molecule has 0 unspecified atom stereocenters. The molecule has 1 aliphatic rings. The number of benzene rings is 1. The first kappa shape index (κ1) is 13.1. The SMILES string of the molecule is CC(C)[C@H]1CN(Cc2ccccc2)C[C@@H]1C(=O)O. The van der Waals surface area contributed by atoms with Gasteiger partial charge in [0.25, 0.3) is 0 Å². The van der Waals surface area contributed by atoms with E-state index in [1.54, 1.807) is 0 Å². The quantitative estimate of drug-likeness (QED) is 0.888. The Kier molecular flexibility index (Phi) is 4.02. The van der Waals surface area contributed by atoms with E-state index < -0.39 is 5.97 Å². The fourth-order valence-corrected chi connectivity index (χ4v) is 2.82. The van der Waals surface area contributed by atoms with Crippen molar-refractivity contribution < 1.29 is 9.90 Å². The highest BCUT2D eigenvalue weighted by molar-refractivity contribution is 5.71. The van der Waals surface area contributed by atoms with Crippen molar-refractivity contribution >= 4 is 5.97 Å². The fraction of sp³-hybridized carbons (Fsp3) is 0.533. The van der Waals surface area contributed by atoms with Gasteiger partial charge in [0.1, 0.15) is 0 Å². The average Bonchev–Trinajstić information content (AvgIpc) is 2.74. The molecule has 1 heterocycles. The first-order chi connectivity index (χ1) is 8.58. The normalized spacial score (nSPS) is 24.6. The van der Waals surface area contributed by atoms with Crippen LogP contribution in [0.2, 0.25) is 0 Å². The standard InChI is InChI=1S/C15H21NO2/c1-11(2)13-9-16(10-14(13)15(17)18)8-12-6-4-3-5-7-12/h3-7,11,13-14H,8-10H2,1-2H3,(H,17,18)/t13-,14+/m1/s1. The molecule has 0 bridgehead atoms. The Bertz CT molecular complexity index is 402. The molecule has 0 saturated carbocycles. The number of aliphatic carboxylic acids is 1. The number of hydrogen-bond acceptors (Lipinski definition) is 2. The molecule has 2 atom stereocenters. The van der Waals surface area contributed by atoms with Crippen molar-refractivity contribution in [1.82, 2.24) is 4.90 Å². The van der Waals surface area contributed by atoms with Gasteiger partial charge in [-0.1, -0.05) is 44.2 Å². The van der Waals surface area contributed by atoms with E-state index in [-0.39, 0.29) is 11.8 Å². The van der Waals surface area contributed by atoms with Crippen LogP contribution in [-0.2, 0) is 11.3 Å². The van der Waals surface area contributed by atoms with Gasteiger partial charge in [0.15, 0.2) is 0 Å². The highest BCUT2D eigenvalue weighted by Gasteiger charge is 2.38. The molecule has 1 aromatic rings. The number of rotatable bonds is 4. The van der Waals surface area contributed by atoms with Gasteiger partial charge >= 0.3 is 5.97 Å². The third kappa shape index (κ3) is 2.91. The van der Waals surface area contributed by atoms with Gasteiger partial charge in [-0.25, -0.2) is 0 Å². The smallest absolute Gasteiger partial charge is 0.308 e. The number of hydrogen-bond donors (Lipinski definition) is 1. The Balaban J connectivity index is 2.03. The van der Waals surface area contributed by atoms with Gasteiger partial charge in [-0.05, 0) is 17.4 Å². The Hall–Kier alpha value is -1.35. The summed E-state index contributed by atoms with van der Waals surface area (Å²) in [5, 5.41) is 9.29. The average molecular weight is 247 g/mol. The molecule has 1 aromatic carbocycles. The van der Waals surface area contributed by atoms with Crippen LogP contribution >= 0.6 is 0 Å². The summed E-state index contributed by atoms with van der Waals surface area (Å²) in [6.45, 7) is 6.66. The van der Waals surface area contributed by atoms with Crippen molar-refractivity contribution in [2.24, 2.45) is 17.8 Å². The third-order valence-electron chi connectivity index (χ3n) is 3.86. The lowest BCUT2D eigenvalue weighted by atomic mass is 9.86. The number of carboxylic acids is 1. The molecule has 3 heteroatoms. The molecule has 1 aliphatic heterocycles. The van der Waals surface area contributed by atoms with Crippen LogP contribution in [0, 0.1) is 17.8 Å². The van der Waals surface area contributed by atoms with Crippen LogP contribution in [-0.4, -0.2) is 29.1 Å². The lowest BCUT2D eigenvalue weighted by Crippen LogP contribution is -2.25. The summed E-state index contributed by atoms with van der Waals surface area (Å²) in [5.74, 6) is -0.170. The zero-order valence-electron chi connectivity index (χ0n) is 11.0. The maximum atomic E-state index is 11.3. The highest BCUT2D eigenvalue weighted by atomic mass is 16.4. The Labute approximate surface area is 108 Å². The summed E-state index contributed by atoms with van der Waals surface area (Å²) in [6.07, 6.45) is 0. The van der Waals surface area contributed by atoms with E-state index in [0.717, 1.165) is 13.1 Å². The maximum Gasteiger partial charge on any atom is 0.308 e. The second kappa shape index (κ2) is 5.53. The van der Waals surface area contributed by atoms with Gasteiger partial charge in [-0.3, -0.25) is 9.69 Å². The molecule has 0 aliphatic carbocycles. The molecule has 1 saturated heterocycles. The minimum atomic E-state index is -0.649. The van der Waals surface area contributed by atoms with Crippen LogP contribution in [0.1, 0.15) is 19.4 Å². The largest absolute Gasteiger partial charge is 0.481 e. The molecule has 0 spiro atoms. The van der Waals surface area contributed by atoms with Crippen molar-refractivity contribution in [3.05, 3.63) is 35.9 Å². The molecule has 18 heavy (non-hydrogen) atoms. The number of likely N-dealkylation sites (tertiary alicyclic amines) is 1. The highest BCUT2D eigenvalue weighted by Crippen LogP contribution is 2.30. The van der Waals surface area contributed by atoms with E-state index in [2.05, 4.69) is 30.9 Å². The van der Waals surface area contributed by atoms with Crippen molar-refractivity contribution in [2.45, 2.75) is 20.4 Å². The molecular weight excluding hydrogens is 226 g/mol. The Morgan fingerprint density at radius 1 is 1.33 bits per heavy atom. The van der Waals surface area contributed by atoms with Crippen LogP contribution in [0.25, 0.3) is 0 Å². The maximum absolute atomic E-state index is 11.3.